The van der Waals surface area contributed by atoms with Crippen molar-refractivity contribution in [2.24, 2.45) is 0 Å². The molecule has 1 aliphatic carbocycles. The van der Waals surface area contributed by atoms with Crippen LogP contribution in [0.5, 0.6) is 0 Å². The van der Waals surface area contributed by atoms with E-state index >= 15 is 0 Å². The second-order valence-corrected chi connectivity index (χ2v) is 10.0. The number of aryl methyl sites for hydroxylation is 2. The first kappa shape index (κ1) is 21.7. The Kier molecular flexibility index (Phi) is 5.51. The molecule has 33 heavy (non-hydrogen) atoms. The van der Waals surface area contributed by atoms with Gasteiger partial charge in [0.15, 0.2) is 0 Å². The number of anilines is 1. The SMILES string of the molecule is Cc1ccc(C)c(N2C(=O)c3cc4ccccc4n3C[C@]2(C)C(=O)NC2CCCCCC2)c1. The highest BCUT2D eigenvalue weighted by Crippen LogP contribution is 2.38. The topological polar surface area (TPSA) is 54.3 Å². The molecule has 1 atom stereocenters. The molecular weight excluding hydrogens is 410 g/mol. The second kappa shape index (κ2) is 8.36. The van der Waals surface area contributed by atoms with Crippen LogP contribution in [-0.4, -0.2) is 28.0 Å². The summed E-state index contributed by atoms with van der Waals surface area (Å²) in [5, 5.41) is 4.37. The third-order valence-electron chi connectivity index (χ3n) is 7.48. The maximum atomic E-state index is 14.0. The number of aromatic nitrogens is 1. The van der Waals surface area contributed by atoms with Gasteiger partial charge in [-0.1, -0.05) is 56.0 Å². The molecule has 1 saturated carbocycles. The van der Waals surface area contributed by atoms with E-state index in [2.05, 4.69) is 5.32 Å². The normalized spacial score (nSPS) is 21.7. The average Bonchev–Trinajstić information content (AvgIpc) is 2.97. The molecule has 5 nitrogen and oxygen atoms in total. The van der Waals surface area contributed by atoms with Crippen LogP contribution in [0.3, 0.4) is 0 Å². The van der Waals surface area contributed by atoms with Gasteiger partial charge in [0.1, 0.15) is 11.2 Å². The first-order valence-corrected chi connectivity index (χ1v) is 12.2. The smallest absolute Gasteiger partial charge is 0.275 e. The molecule has 0 radical (unpaired) electrons. The van der Waals surface area contributed by atoms with E-state index in [9.17, 15) is 9.59 Å². The van der Waals surface area contributed by atoms with Crippen molar-refractivity contribution in [2.75, 3.05) is 4.90 Å². The Bertz CT molecular complexity index is 1220. The molecule has 2 heterocycles. The Morgan fingerprint density at radius 3 is 2.48 bits per heavy atom. The van der Waals surface area contributed by atoms with E-state index in [0.717, 1.165) is 53.4 Å². The number of hydrogen-bond donors (Lipinski definition) is 1. The molecule has 5 rings (SSSR count). The Hall–Kier alpha value is -3.08. The Morgan fingerprint density at radius 2 is 1.73 bits per heavy atom. The lowest BCUT2D eigenvalue weighted by atomic mass is 9.91. The molecule has 1 aromatic heterocycles. The van der Waals surface area contributed by atoms with Crippen LogP contribution in [0.1, 0.15) is 67.1 Å². The minimum Gasteiger partial charge on any atom is -0.351 e. The molecule has 2 aliphatic rings. The van der Waals surface area contributed by atoms with Crippen LogP contribution in [0.15, 0.2) is 48.5 Å². The van der Waals surface area contributed by atoms with Crippen molar-refractivity contribution in [3.05, 3.63) is 65.4 Å². The fourth-order valence-corrected chi connectivity index (χ4v) is 5.55. The predicted molar refractivity (Wildman–Crippen MR) is 133 cm³/mol. The maximum Gasteiger partial charge on any atom is 0.275 e. The standard InChI is InChI=1S/C28H33N3O2/c1-19-14-15-20(2)24(16-19)31-26(32)25-17-21-10-8-9-13-23(21)30(25)18-28(31,3)27(33)29-22-11-6-4-5-7-12-22/h8-10,13-17,22H,4-7,11-12,18H2,1-3H3,(H,29,33)/t28-/m1/s1. The van der Waals surface area contributed by atoms with E-state index < -0.39 is 5.54 Å². The van der Waals surface area contributed by atoms with Crippen molar-refractivity contribution in [3.63, 3.8) is 0 Å². The molecule has 2 aromatic carbocycles. The van der Waals surface area contributed by atoms with Gasteiger partial charge in [-0.15, -0.1) is 0 Å². The van der Waals surface area contributed by atoms with Gasteiger partial charge in [0.2, 0.25) is 5.91 Å². The maximum absolute atomic E-state index is 14.0. The molecule has 1 N–H and O–H groups in total. The highest BCUT2D eigenvalue weighted by molar-refractivity contribution is 6.14. The van der Waals surface area contributed by atoms with Crippen molar-refractivity contribution >= 4 is 28.4 Å². The van der Waals surface area contributed by atoms with E-state index in [4.69, 9.17) is 0 Å². The monoisotopic (exact) mass is 443 g/mol. The molecule has 0 bridgehead atoms. The van der Waals surface area contributed by atoms with Crippen LogP contribution in [-0.2, 0) is 11.3 Å². The lowest BCUT2D eigenvalue weighted by Crippen LogP contribution is -2.65. The van der Waals surface area contributed by atoms with Gasteiger partial charge >= 0.3 is 0 Å². The van der Waals surface area contributed by atoms with Crippen molar-refractivity contribution in [1.82, 2.24) is 9.88 Å². The van der Waals surface area contributed by atoms with Gasteiger partial charge < -0.3 is 9.88 Å². The number of hydrogen-bond acceptors (Lipinski definition) is 2. The van der Waals surface area contributed by atoms with Gasteiger partial charge in [0.05, 0.1) is 6.54 Å². The fraction of sp³-hybridized carbons (Fsp3) is 0.429. The molecule has 0 saturated heterocycles. The summed E-state index contributed by atoms with van der Waals surface area (Å²) in [6.07, 6.45) is 6.78. The molecule has 172 valence electrons. The Balaban J connectivity index is 1.62. The zero-order valence-corrected chi connectivity index (χ0v) is 19.9. The van der Waals surface area contributed by atoms with Crippen molar-refractivity contribution in [3.8, 4) is 0 Å². The third-order valence-corrected chi connectivity index (χ3v) is 7.48. The summed E-state index contributed by atoms with van der Waals surface area (Å²) in [5.41, 5.74) is 3.48. The number of carbonyl (C=O) groups is 2. The van der Waals surface area contributed by atoms with Gasteiger partial charge in [-0.3, -0.25) is 14.5 Å². The number of rotatable bonds is 3. The minimum atomic E-state index is -1.03. The van der Waals surface area contributed by atoms with Crippen LogP contribution in [0.2, 0.25) is 0 Å². The molecule has 0 unspecified atom stereocenters. The summed E-state index contributed by atoms with van der Waals surface area (Å²) in [6, 6.07) is 16.3. The first-order valence-electron chi connectivity index (χ1n) is 12.2. The van der Waals surface area contributed by atoms with E-state index in [1.807, 2.05) is 73.9 Å². The van der Waals surface area contributed by atoms with Gasteiger partial charge in [-0.25, -0.2) is 0 Å². The van der Waals surface area contributed by atoms with E-state index in [1.54, 1.807) is 4.90 Å². The highest BCUT2D eigenvalue weighted by atomic mass is 16.2. The van der Waals surface area contributed by atoms with Gasteiger partial charge in [-0.2, -0.15) is 0 Å². The molecule has 1 aliphatic heterocycles. The third kappa shape index (κ3) is 3.73. The molecule has 2 amide bonds. The number of para-hydroxylation sites is 1. The summed E-state index contributed by atoms with van der Waals surface area (Å²) in [6.45, 7) is 6.39. The van der Waals surface area contributed by atoms with Gasteiger partial charge in [-0.05, 0) is 62.9 Å². The second-order valence-electron chi connectivity index (χ2n) is 10.0. The number of amides is 2. The van der Waals surface area contributed by atoms with Crippen LogP contribution in [0, 0.1) is 13.8 Å². The van der Waals surface area contributed by atoms with E-state index in [0.29, 0.717) is 12.2 Å². The zero-order valence-electron chi connectivity index (χ0n) is 19.9. The number of carbonyl (C=O) groups excluding carboxylic acids is 2. The van der Waals surface area contributed by atoms with Gasteiger partial charge in [0.25, 0.3) is 5.91 Å². The molecule has 0 spiro atoms. The van der Waals surface area contributed by atoms with Crippen molar-refractivity contribution in [2.45, 2.75) is 77.4 Å². The molecule has 3 aromatic rings. The number of fused-ring (bicyclic) bond motifs is 3. The number of nitrogens with zero attached hydrogens (tertiary/aromatic N) is 2. The van der Waals surface area contributed by atoms with E-state index in [-0.39, 0.29) is 17.9 Å². The summed E-state index contributed by atoms with van der Waals surface area (Å²) in [7, 11) is 0. The first-order chi connectivity index (χ1) is 15.9. The predicted octanol–water partition coefficient (Wildman–Crippen LogP) is 5.52. The van der Waals surface area contributed by atoms with Crippen LogP contribution >= 0.6 is 0 Å². The number of benzene rings is 2. The summed E-state index contributed by atoms with van der Waals surface area (Å²) in [4.78, 5) is 29.8. The zero-order chi connectivity index (χ0) is 23.2. The fourth-order valence-electron chi connectivity index (χ4n) is 5.55. The minimum absolute atomic E-state index is 0.0629. The summed E-state index contributed by atoms with van der Waals surface area (Å²) >= 11 is 0. The summed E-state index contributed by atoms with van der Waals surface area (Å²) < 4.78 is 2.03. The average molecular weight is 444 g/mol. The lowest BCUT2D eigenvalue weighted by molar-refractivity contribution is -0.127. The van der Waals surface area contributed by atoms with E-state index in [1.165, 1.54) is 12.8 Å². The summed E-state index contributed by atoms with van der Waals surface area (Å²) in [5.74, 6) is -0.184. The van der Waals surface area contributed by atoms with Crippen LogP contribution < -0.4 is 10.2 Å². The molecule has 1 fully saturated rings. The Morgan fingerprint density at radius 1 is 1.00 bits per heavy atom. The molecular formula is C28H33N3O2. The van der Waals surface area contributed by atoms with Crippen LogP contribution in [0.4, 0.5) is 5.69 Å². The molecule has 5 heteroatoms. The highest BCUT2D eigenvalue weighted by Gasteiger charge is 2.49. The van der Waals surface area contributed by atoms with Crippen molar-refractivity contribution in [1.29, 1.82) is 0 Å². The lowest BCUT2D eigenvalue weighted by Gasteiger charge is -2.45. The van der Waals surface area contributed by atoms with Gasteiger partial charge in [0, 0.05) is 22.6 Å². The Labute approximate surface area is 195 Å². The quantitative estimate of drug-likeness (QED) is 0.542. The largest absolute Gasteiger partial charge is 0.351 e. The number of nitrogens with one attached hydrogen (secondary N) is 1. The van der Waals surface area contributed by atoms with Crippen LogP contribution in [0.25, 0.3) is 10.9 Å². The van der Waals surface area contributed by atoms with Crippen molar-refractivity contribution < 1.29 is 9.59 Å².